The molecule has 1 aromatic rings. The van der Waals surface area contributed by atoms with Crippen LogP contribution in [-0.2, 0) is 11.3 Å². The number of nitrogens with zero attached hydrogens (tertiary/aromatic N) is 5. The highest BCUT2D eigenvalue weighted by atomic mass is 127. The molecule has 142 valence electrons. The molecule has 2 heterocycles. The van der Waals surface area contributed by atoms with Gasteiger partial charge in [-0.2, -0.15) is 5.10 Å². The number of carbonyl (C=O) groups is 1. The van der Waals surface area contributed by atoms with E-state index in [1.54, 1.807) is 11.1 Å². The third-order valence-corrected chi connectivity index (χ3v) is 3.81. The van der Waals surface area contributed by atoms with Crippen molar-refractivity contribution in [2.75, 3.05) is 45.9 Å². The lowest BCUT2D eigenvalue weighted by atomic mass is 10.3. The Labute approximate surface area is 166 Å². The van der Waals surface area contributed by atoms with Gasteiger partial charge in [0.25, 0.3) is 0 Å². The molecule has 1 saturated heterocycles. The standard InChI is InChI=1S/C16H28N6O2.HI/c1-3-17-15(18-7-5-9-22-10-6-8-19-22)20-11-13-21(14-12-20)16(23)24-4-2;/h6,8,10H,3-5,7,9,11-14H2,1-2H3,(H,17,18);1H. The normalized spacial score (nSPS) is 14.9. The molecular formula is C16H29IN6O2. The molecule has 25 heavy (non-hydrogen) atoms. The number of guanidine groups is 1. The van der Waals surface area contributed by atoms with Crippen LogP contribution in [0.4, 0.5) is 4.79 Å². The number of nitrogens with one attached hydrogen (secondary N) is 1. The summed E-state index contributed by atoms with van der Waals surface area (Å²) in [6.07, 6.45) is 4.47. The van der Waals surface area contributed by atoms with Gasteiger partial charge < -0.3 is 19.9 Å². The van der Waals surface area contributed by atoms with Gasteiger partial charge in [0.2, 0.25) is 0 Å². The molecule has 0 saturated carbocycles. The summed E-state index contributed by atoms with van der Waals surface area (Å²) in [7, 11) is 0. The maximum Gasteiger partial charge on any atom is 0.409 e. The fourth-order valence-electron chi connectivity index (χ4n) is 2.59. The number of aromatic nitrogens is 2. The van der Waals surface area contributed by atoms with E-state index in [0.717, 1.165) is 45.1 Å². The molecule has 0 unspecified atom stereocenters. The smallest absolute Gasteiger partial charge is 0.409 e. The third-order valence-electron chi connectivity index (χ3n) is 3.81. The molecule has 0 radical (unpaired) electrons. The zero-order valence-electron chi connectivity index (χ0n) is 15.1. The molecule has 1 N–H and O–H groups in total. The van der Waals surface area contributed by atoms with Gasteiger partial charge in [0.05, 0.1) is 6.61 Å². The molecule has 0 bridgehead atoms. The van der Waals surface area contributed by atoms with Crippen LogP contribution in [0, 0.1) is 0 Å². The third kappa shape index (κ3) is 7.09. The van der Waals surface area contributed by atoms with Crippen molar-refractivity contribution in [1.29, 1.82) is 0 Å². The van der Waals surface area contributed by atoms with Gasteiger partial charge in [0.1, 0.15) is 0 Å². The molecule has 1 aliphatic rings. The van der Waals surface area contributed by atoms with E-state index in [1.165, 1.54) is 0 Å². The lowest BCUT2D eigenvalue weighted by molar-refractivity contribution is 0.0914. The van der Waals surface area contributed by atoms with Crippen molar-refractivity contribution in [2.45, 2.75) is 26.8 Å². The highest BCUT2D eigenvalue weighted by molar-refractivity contribution is 14.0. The predicted molar refractivity (Wildman–Crippen MR) is 108 cm³/mol. The Kier molecular flexibility index (Phi) is 10.3. The maximum absolute atomic E-state index is 11.8. The molecule has 1 amide bonds. The quantitative estimate of drug-likeness (QED) is 0.300. The number of aryl methyl sites for hydroxylation is 1. The summed E-state index contributed by atoms with van der Waals surface area (Å²) >= 11 is 0. The van der Waals surface area contributed by atoms with Crippen LogP contribution in [0.5, 0.6) is 0 Å². The van der Waals surface area contributed by atoms with E-state index in [-0.39, 0.29) is 30.1 Å². The molecule has 1 aromatic heterocycles. The monoisotopic (exact) mass is 464 g/mol. The van der Waals surface area contributed by atoms with Gasteiger partial charge in [0.15, 0.2) is 5.96 Å². The highest BCUT2D eigenvalue weighted by Crippen LogP contribution is 2.05. The molecule has 0 atom stereocenters. The first-order valence-electron chi connectivity index (χ1n) is 8.67. The van der Waals surface area contributed by atoms with Gasteiger partial charge in [-0.05, 0) is 26.3 Å². The van der Waals surface area contributed by atoms with Gasteiger partial charge >= 0.3 is 6.09 Å². The molecule has 8 nitrogen and oxygen atoms in total. The van der Waals surface area contributed by atoms with Crippen LogP contribution >= 0.6 is 24.0 Å². The Bertz CT molecular complexity index is 515. The van der Waals surface area contributed by atoms with Crippen molar-refractivity contribution < 1.29 is 9.53 Å². The minimum atomic E-state index is -0.224. The van der Waals surface area contributed by atoms with Gasteiger partial charge in [-0.1, -0.05) is 0 Å². The number of ether oxygens (including phenoxy) is 1. The van der Waals surface area contributed by atoms with Crippen LogP contribution in [0.2, 0.25) is 0 Å². The summed E-state index contributed by atoms with van der Waals surface area (Å²) < 4.78 is 6.97. The average Bonchev–Trinajstić information content (AvgIpc) is 3.11. The summed E-state index contributed by atoms with van der Waals surface area (Å²) in [5.74, 6) is 0.918. The van der Waals surface area contributed by atoms with Crippen molar-refractivity contribution in [1.82, 2.24) is 24.9 Å². The van der Waals surface area contributed by atoms with Crippen molar-refractivity contribution in [3.05, 3.63) is 18.5 Å². The summed E-state index contributed by atoms with van der Waals surface area (Å²) in [5, 5.41) is 7.53. The van der Waals surface area contributed by atoms with Crippen molar-refractivity contribution in [3.8, 4) is 0 Å². The zero-order valence-corrected chi connectivity index (χ0v) is 17.4. The second-order valence-electron chi connectivity index (χ2n) is 5.53. The summed E-state index contributed by atoms with van der Waals surface area (Å²) in [6.45, 7) is 9.62. The van der Waals surface area contributed by atoms with E-state index in [0.29, 0.717) is 19.7 Å². The van der Waals surface area contributed by atoms with E-state index in [2.05, 4.69) is 22.2 Å². The molecule has 1 fully saturated rings. The molecule has 0 aliphatic carbocycles. The van der Waals surface area contributed by atoms with Crippen LogP contribution in [0.1, 0.15) is 20.3 Å². The average molecular weight is 464 g/mol. The Balaban J connectivity index is 0.00000312. The first-order valence-corrected chi connectivity index (χ1v) is 8.67. The lowest BCUT2D eigenvalue weighted by Gasteiger charge is -2.35. The first kappa shape index (κ1) is 21.5. The number of carbonyl (C=O) groups excluding carboxylic acids is 1. The number of amides is 1. The molecule has 2 rings (SSSR count). The van der Waals surface area contributed by atoms with E-state index in [4.69, 9.17) is 9.73 Å². The zero-order chi connectivity index (χ0) is 17.2. The summed E-state index contributed by atoms with van der Waals surface area (Å²) in [4.78, 5) is 20.4. The van der Waals surface area contributed by atoms with Gasteiger partial charge in [-0.25, -0.2) is 4.79 Å². The second-order valence-corrected chi connectivity index (χ2v) is 5.53. The lowest BCUT2D eigenvalue weighted by Crippen LogP contribution is -2.53. The largest absolute Gasteiger partial charge is 0.450 e. The number of piperazine rings is 1. The Morgan fingerprint density at radius 2 is 1.96 bits per heavy atom. The fourth-order valence-corrected chi connectivity index (χ4v) is 2.59. The maximum atomic E-state index is 11.8. The number of aliphatic imine (C=N–C) groups is 1. The predicted octanol–water partition coefficient (Wildman–Crippen LogP) is 1.63. The van der Waals surface area contributed by atoms with Crippen molar-refractivity contribution >= 4 is 36.0 Å². The van der Waals surface area contributed by atoms with E-state index in [9.17, 15) is 4.79 Å². The van der Waals surface area contributed by atoms with Crippen LogP contribution in [0.3, 0.4) is 0 Å². The Hall–Kier alpha value is -1.52. The van der Waals surface area contributed by atoms with Crippen LogP contribution in [-0.4, -0.2) is 77.5 Å². The molecule has 9 heteroatoms. The topological polar surface area (TPSA) is 75.0 Å². The minimum Gasteiger partial charge on any atom is -0.450 e. The summed E-state index contributed by atoms with van der Waals surface area (Å²) in [5.41, 5.74) is 0. The molecule has 0 spiro atoms. The minimum absolute atomic E-state index is 0. The molecule has 0 aromatic carbocycles. The van der Waals surface area contributed by atoms with Crippen LogP contribution in [0.15, 0.2) is 23.5 Å². The van der Waals surface area contributed by atoms with Crippen LogP contribution in [0.25, 0.3) is 0 Å². The number of halogens is 1. The Morgan fingerprint density at radius 3 is 2.56 bits per heavy atom. The summed E-state index contributed by atoms with van der Waals surface area (Å²) in [6, 6.07) is 1.93. The van der Waals surface area contributed by atoms with Crippen molar-refractivity contribution in [3.63, 3.8) is 0 Å². The van der Waals surface area contributed by atoms with E-state index < -0.39 is 0 Å². The van der Waals surface area contributed by atoms with Gasteiger partial charge in [0, 0.05) is 58.2 Å². The van der Waals surface area contributed by atoms with Crippen molar-refractivity contribution in [2.24, 2.45) is 4.99 Å². The van der Waals surface area contributed by atoms with Crippen LogP contribution < -0.4 is 5.32 Å². The molecule has 1 aliphatic heterocycles. The first-order chi connectivity index (χ1) is 11.7. The van der Waals surface area contributed by atoms with Gasteiger partial charge in [-0.15, -0.1) is 24.0 Å². The van der Waals surface area contributed by atoms with Gasteiger partial charge in [-0.3, -0.25) is 9.67 Å². The van der Waals surface area contributed by atoms with E-state index in [1.807, 2.05) is 23.9 Å². The van der Waals surface area contributed by atoms with E-state index >= 15 is 0 Å². The SMILES string of the molecule is CCNC(=NCCCn1cccn1)N1CCN(C(=O)OCC)CC1.I. The fraction of sp³-hybridized carbons (Fsp3) is 0.688. The number of hydrogen-bond acceptors (Lipinski definition) is 4. The highest BCUT2D eigenvalue weighted by Gasteiger charge is 2.23. The molecular weight excluding hydrogens is 435 g/mol. The Morgan fingerprint density at radius 1 is 1.24 bits per heavy atom. The number of hydrogen-bond donors (Lipinski definition) is 1. The second kappa shape index (κ2) is 11.9. The number of rotatable bonds is 6.